The molecule has 2 atom stereocenters. The highest BCUT2D eigenvalue weighted by molar-refractivity contribution is 7.86. The molecule has 0 spiro atoms. The molecule has 156 valence electrons. The number of nitrogens with one attached hydrogen (secondary N) is 2. The van der Waals surface area contributed by atoms with Gasteiger partial charge in [0.15, 0.2) is 11.0 Å². The summed E-state index contributed by atoms with van der Waals surface area (Å²) in [5.74, 6) is -1.27. The Morgan fingerprint density at radius 1 is 1.41 bits per heavy atom. The molecule has 1 aromatic carbocycles. The maximum atomic E-state index is 12.6. The number of benzene rings is 1. The second-order valence-corrected chi connectivity index (χ2v) is 7.37. The van der Waals surface area contributed by atoms with Crippen LogP contribution in [0.25, 0.3) is 0 Å². The van der Waals surface area contributed by atoms with Crippen LogP contribution in [0, 0.1) is 0 Å². The average Bonchev–Trinajstić information content (AvgIpc) is 2.81. The Bertz CT molecular complexity index is 960. The summed E-state index contributed by atoms with van der Waals surface area (Å²) in [6.45, 7) is -0.340. The summed E-state index contributed by atoms with van der Waals surface area (Å²) >= 11 is 5.79. The van der Waals surface area contributed by atoms with E-state index in [4.69, 9.17) is 16.3 Å². The third-order valence-corrected chi connectivity index (χ3v) is 4.99. The fourth-order valence-electron chi connectivity index (χ4n) is 2.37. The highest BCUT2D eigenvalue weighted by atomic mass is 35.5. The lowest BCUT2D eigenvalue weighted by molar-refractivity contribution is -0.275. The molecule has 1 amide bonds. The SMILES string of the molecule is O=C1N[C@@H](CO)COc2ncc(NS(=O)c3cc(Cl)ccc3OC(F)(F)F)cc21. The smallest absolute Gasteiger partial charge is 0.475 e. The minimum atomic E-state index is -4.99. The first kappa shape index (κ1) is 21.1. The molecule has 3 rings (SSSR count). The fraction of sp³-hybridized carbons (Fsp3) is 0.250. The zero-order valence-corrected chi connectivity index (χ0v) is 15.9. The number of aliphatic hydroxyl groups excluding tert-OH is 1. The molecule has 1 unspecified atom stereocenters. The van der Waals surface area contributed by atoms with Gasteiger partial charge in [-0.1, -0.05) is 11.6 Å². The molecule has 29 heavy (non-hydrogen) atoms. The van der Waals surface area contributed by atoms with Crippen molar-refractivity contribution in [3.8, 4) is 11.6 Å². The van der Waals surface area contributed by atoms with Crippen LogP contribution in [0.2, 0.25) is 5.02 Å². The van der Waals surface area contributed by atoms with Crippen molar-refractivity contribution in [2.24, 2.45) is 0 Å². The van der Waals surface area contributed by atoms with Gasteiger partial charge in [0.05, 0.1) is 24.5 Å². The number of anilines is 1. The molecular weight excluding hydrogens is 439 g/mol. The van der Waals surface area contributed by atoms with Crippen molar-refractivity contribution in [1.29, 1.82) is 0 Å². The Balaban J connectivity index is 1.86. The average molecular weight is 452 g/mol. The van der Waals surface area contributed by atoms with Gasteiger partial charge in [0.25, 0.3) is 5.91 Å². The molecule has 0 saturated carbocycles. The molecule has 0 aliphatic carbocycles. The Morgan fingerprint density at radius 2 is 2.17 bits per heavy atom. The molecule has 13 heteroatoms. The Morgan fingerprint density at radius 3 is 2.86 bits per heavy atom. The molecule has 0 saturated heterocycles. The molecule has 1 aliphatic heterocycles. The van der Waals surface area contributed by atoms with Crippen molar-refractivity contribution in [3.05, 3.63) is 41.0 Å². The second kappa shape index (κ2) is 8.43. The molecule has 1 aromatic heterocycles. The predicted molar refractivity (Wildman–Crippen MR) is 96.2 cm³/mol. The number of carbonyl (C=O) groups excluding carboxylic acids is 1. The van der Waals surface area contributed by atoms with Gasteiger partial charge in [-0.05, 0) is 24.3 Å². The van der Waals surface area contributed by atoms with Gasteiger partial charge < -0.3 is 19.9 Å². The first-order valence-electron chi connectivity index (χ1n) is 7.94. The monoisotopic (exact) mass is 451 g/mol. The van der Waals surface area contributed by atoms with E-state index in [0.717, 1.165) is 18.2 Å². The molecule has 0 fully saturated rings. The van der Waals surface area contributed by atoms with Crippen LogP contribution in [-0.2, 0) is 11.0 Å². The maximum absolute atomic E-state index is 12.6. The van der Waals surface area contributed by atoms with E-state index in [9.17, 15) is 27.3 Å². The number of alkyl halides is 3. The molecule has 3 N–H and O–H groups in total. The third kappa shape index (κ3) is 5.28. The van der Waals surface area contributed by atoms with Crippen molar-refractivity contribution in [3.63, 3.8) is 0 Å². The molecule has 8 nitrogen and oxygen atoms in total. The van der Waals surface area contributed by atoms with Crippen LogP contribution >= 0.6 is 11.6 Å². The van der Waals surface area contributed by atoms with Crippen molar-refractivity contribution in [1.82, 2.24) is 10.3 Å². The number of rotatable bonds is 5. The number of halogens is 4. The summed E-state index contributed by atoms with van der Waals surface area (Å²) in [4.78, 5) is 15.8. The summed E-state index contributed by atoms with van der Waals surface area (Å²) in [5.41, 5.74) is 0.0713. The van der Waals surface area contributed by atoms with Gasteiger partial charge in [-0.15, -0.1) is 13.2 Å². The highest BCUT2D eigenvalue weighted by Crippen LogP contribution is 2.32. The van der Waals surface area contributed by atoms with Crippen LogP contribution in [-0.4, -0.2) is 45.8 Å². The zero-order valence-electron chi connectivity index (χ0n) is 14.3. The van der Waals surface area contributed by atoms with E-state index in [-0.39, 0.29) is 40.3 Å². The minimum absolute atomic E-state index is 0.000749. The number of hydrogen-bond acceptors (Lipinski definition) is 6. The quantitative estimate of drug-likeness (QED) is 0.643. The standard InChI is InChI=1S/C16H13ClF3N3O5S/c17-8-1-2-12(28-16(18,19)20)13(3-8)29(26)23-9-4-11-14(25)22-10(6-24)7-27-15(11)21-5-9/h1-5,10,23-24H,6-7H2,(H,22,25)/t10-,29?/m0/s1. The van der Waals surface area contributed by atoms with Crippen molar-refractivity contribution in [2.45, 2.75) is 17.3 Å². The minimum Gasteiger partial charge on any atom is -0.475 e. The number of nitrogens with zero attached hydrogens (tertiary/aromatic N) is 1. The molecule has 0 radical (unpaired) electrons. The van der Waals surface area contributed by atoms with Crippen molar-refractivity contribution >= 4 is 34.2 Å². The predicted octanol–water partition coefficient (Wildman–Crippen LogP) is 2.25. The van der Waals surface area contributed by atoms with Crippen molar-refractivity contribution < 1.29 is 36.8 Å². The summed E-state index contributed by atoms with van der Waals surface area (Å²) in [7, 11) is -2.23. The van der Waals surface area contributed by atoms with Crippen LogP contribution in [0.3, 0.4) is 0 Å². The summed E-state index contributed by atoms with van der Waals surface area (Å²) in [5, 5.41) is 11.7. The maximum Gasteiger partial charge on any atom is 0.573 e. The van der Waals surface area contributed by atoms with Gasteiger partial charge in [-0.3, -0.25) is 9.52 Å². The number of hydrogen-bond donors (Lipinski definition) is 3. The molecular formula is C16H13ClF3N3O5S. The lowest BCUT2D eigenvalue weighted by atomic mass is 10.2. The van der Waals surface area contributed by atoms with Gasteiger partial charge in [0.1, 0.15) is 22.8 Å². The zero-order chi connectivity index (χ0) is 21.2. The second-order valence-electron chi connectivity index (χ2n) is 5.75. The number of fused-ring (bicyclic) bond motifs is 1. The topological polar surface area (TPSA) is 110 Å². The number of aliphatic hydroxyl groups is 1. The molecule has 0 bridgehead atoms. The lowest BCUT2D eigenvalue weighted by Crippen LogP contribution is -2.39. The van der Waals surface area contributed by atoms with Gasteiger partial charge in [-0.2, -0.15) is 0 Å². The van der Waals surface area contributed by atoms with E-state index >= 15 is 0 Å². The van der Waals surface area contributed by atoms with Gasteiger partial charge >= 0.3 is 6.36 Å². The van der Waals surface area contributed by atoms with Crippen LogP contribution < -0.4 is 19.5 Å². The van der Waals surface area contributed by atoms with Gasteiger partial charge in [0.2, 0.25) is 5.88 Å². The van der Waals surface area contributed by atoms with Crippen LogP contribution in [0.4, 0.5) is 18.9 Å². The number of aromatic nitrogens is 1. The molecule has 2 aromatic rings. The lowest BCUT2D eigenvalue weighted by Gasteiger charge is -2.14. The molecule has 2 heterocycles. The van der Waals surface area contributed by atoms with E-state index in [1.54, 1.807) is 0 Å². The summed E-state index contributed by atoms with van der Waals surface area (Å²) in [6.07, 6.45) is -3.80. The van der Waals surface area contributed by atoms with Gasteiger partial charge in [0, 0.05) is 5.02 Å². The van der Waals surface area contributed by atoms with E-state index < -0.39 is 35.0 Å². The van der Waals surface area contributed by atoms with E-state index in [1.165, 1.54) is 12.3 Å². The van der Waals surface area contributed by atoms with Crippen LogP contribution in [0.1, 0.15) is 10.4 Å². The summed E-state index contributed by atoms with van der Waals surface area (Å²) < 4.78 is 62.0. The largest absolute Gasteiger partial charge is 0.573 e. The van der Waals surface area contributed by atoms with Crippen LogP contribution in [0.5, 0.6) is 11.6 Å². The number of amides is 1. The van der Waals surface area contributed by atoms with E-state index in [0.29, 0.717) is 0 Å². The number of ether oxygens (including phenoxy) is 2. The normalized spacial score (nSPS) is 17.4. The molecule has 1 aliphatic rings. The highest BCUT2D eigenvalue weighted by Gasteiger charge is 2.33. The summed E-state index contributed by atoms with van der Waals surface area (Å²) in [6, 6.07) is 3.80. The first-order chi connectivity index (χ1) is 13.7. The van der Waals surface area contributed by atoms with Gasteiger partial charge in [-0.25, -0.2) is 9.19 Å². The Kier molecular flexibility index (Phi) is 6.15. The van der Waals surface area contributed by atoms with E-state index in [1.807, 2.05) is 0 Å². The van der Waals surface area contributed by atoms with Crippen LogP contribution in [0.15, 0.2) is 35.4 Å². The number of carbonyl (C=O) groups is 1. The third-order valence-electron chi connectivity index (χ3n) is 3.61. The Labute approximate surface area is 169 Å². The fourth-order valence-corrected chi connectivity index (χ4v) is 3.57. The first-order valence-corrected chi connectivity index (χ1v) is 9.47. The number of pyridine rings is 1. The van der Waals surface area contributed by atoms with E-state index in [2.05, 4.69) is 19.8 Å². The van der Waals surface area contributed by atoms with Crippen molar-refractivity contribution in [2.75, 3.05) is 17.9 Å². The Hall–Kier alpha value is -2.57.